The predicted octanol–water partition coefficient (Wildman–Crippen LogP) is 3.82. The minimum absolute atomic E-state index is 0.0386. The molecule has 8 nitrogen and oxygen atoms in total. The first kappa shape index (κ1) is 22.8. The number of aryl methyl sites for hydroxylation is 1. The quantitative estimate of drug-likeness (QED) is 0.558. The molecule has 0 radical (unpaired) electrons. The van der Waals surface area contributed by atoms with E-state index in [0.717, 1.165) is 22.2 Å². The molecule has 1 aromatic heterocycles. The van der Waals surface area contributed by atoms with Gasteiger partial charge in [0.15, 0.2) is 0 Å². The summed E-state index contributed by atoms with van der Waals surface area (Å²) in [6, 6.07) is 18.1. The number of nitrogens with zero attached hydrogens (tertiary/aromatic N) is 4. The Labute approximate surface area is 200 Å². The van der Waals surface area contributed by atoms with E-state index >= 15 is 0 Å². The highest BCUT2D eigenvalue weighted by atomic mass is 32.2. The molecule has 2 heterocycles. The van der Waals surface area contributed by atoms with Crippen LogP contribution in [0.3, 0.4) is 0 Å². The molecule has 1 saturated heterocycles. The normalized spacial score (nSPS) is 15.2. The maximum Gasteiger partial charge on any atom is 0.247 e. The van der Waals surface area contributed by atoms with Crippen LogP contribution in [0.2, 0.25) is 0 Å². The van der Waals surface area contributed by atoms with Gasteiger partial charge < -0.3 is 10.5 Å². The molecule has 2 N–H and O–H groups in total. The van der Waals surface area contributed by atoms with E-state index in [2.05, 4.69) is 11.1 Å². The average molecular weight is 470 g/mol. The summed E-state index contributed by atoms with van der Waals surface area (Å²) in [5.41, 5.74) is 8.78. The van der Waals surface area contributed by atoms with Gasteiger partial charge in [0.05, 0.1) is 23.6 Å². The van der Waals surface area contributed by atoms with Crippen molar-refractivity contribution >= 4 is 35.1 Å². The maximum atomic E-state index is 13.1. The van der Waals surface area contributed by atoms with Crippen molar-refractivity contribution in [2.45, 2.75) is 23.6 Å². The van der Waals surface area contributed by atoms with Crippen LogP contribution in [0.5, 0.6) is 5.75 Å². The van der Waals surface area contributed by atoms with Crippen LogP contribution in [-0.2, 0) is 9.59 Å². The number of pyridine rings is 1. The third-order valence-corrected chi connectivity index (χ3v) is 6.62. The number of anilines is 2. The van der Waals surface area contributed by atoms with Crippen molar-refractivity contribution in [1.82, 2.24) is 4.98 Å². The molecule has 0 bridgehead atoms. The van der Waals surface area contributed by atoms with E-state index in [9.17, 15) is 20.1 Å². The highest BCUT2D eigenvalue weighted by Crippen LogP contribution is 2.40. The van der Waals surface area contributed by atoms with Gasteiger partial charge in [0.25, 0.3) is 0 Å². The van der Waals surface area contributed by atoms with Crippen LogP contribution in [-0.4, -0.2) is 29.2 Å². The third kappa shape index (κ3) is 4.05. The number of ether oxygens (including phenoxy) is 1. The van der Waals surface area contributed by atoms with Gasteiger partial charge in [-0.25, -0.2) is 9.88 Å². The van der Waals surface area contributed by atoms with Gasteiger partial charge in [0, 0.05) is 12.0 Å². The molecule has 9 heteroatoms. The topological polar surface area (TPSA) is 133 Å². The number of nitriles is 2. The Morgan fingerprint density at radius 3 is 2.29 bits per heavy atom. The first-order valence-electron chi connectivity index (χ1n) is 10.3. The number of amides is 2. The Morgan fingerprint density at radius 1 is 1.06 bits per heavy atom. The van der Waals surface area contributed by atoms with Crippen LogP contribution in [0.4, 0.5) is 11.5 Å². The van der Waals surface area contributed by atoms with Crippen molar-refractivity contribution in [1.29, 1.82) is 10.5 Å². The van der Waals surface area contributed by atoms with Crippen LogP contribution in [0.25, 0.3) is 11.1 Å². The highest BCUT2D eigenvalue weighted by molar-refractivity contribution is 8.00. The van der Waals surface area contributed by atoms with E-state index in [4.69, 9.17) is 10.5 Å². The minimum Gasteiger partial charge on any atom is -0.497 e. The molecule has 0 saturated carbocycles. The van der Waals surface area contributed by atoms with Gasteiger partial charge in [-0.3, -0.25) is 9.59 Å². The molecule has 1 atom stereocenters. The summed E-state index contributed by atoms with van der Waals surface area (Å²) in [4.78, 5) is 31.2. The summed E-state index contributed by atoms with van der Waals surface area (Å²) in [5.74, 6) is -0.200. The van der Waals surface area contributed by atoms with Crippen molar-refractivity contribution in [3.8, 4) is 29.0 Å². The number of aromatic nitrogens is 1. The first-order valence-corrected chi connectivity index (χ1v) is 11.1. The Morgan fingerprint density at radius 2 is 1.71 bits per heavy atom. The largest absolute Gasteiger partial charge is 0.497 e. The molecule has 0 spiro atoms. The predicted molar refractivity (Wildman–Crippen MR) is 128 cm³/mol. The molecule has 1 fully saturated rings. The number of carbonyl (C=O) groups excluding carboxylic acids is 2. The van der Waals surface area contributed by atoms with Gasteiger partial charge in [-0.2, -0.15) is 10.5 Å². The molecule has 1 aliphatic heterocycles. The average Bonchev–Trinajstić information content (AvgIpc) is 3.11. The van der Waals surface area contributed by atoms with Gasteiger partial charge >= 0.3 is 0 Å². The molecule has 2 aromatic carbocycles. The lowest BCUT2D eigenvalue weighted by molar-refractivity contribution is -0.121. The number of imide groups is 1. The maximum absolute atomic E-state index is 13.1. The second-order valence-corrected chi connectivity index (χ2v) is 8.78. The second-order valence-electron chi connectivity index (χ2n) is 7.59. The van der Waals surface area contributed by atoms with E-state index in [1.165, 1.54) is 7.11 Å². The number of carbonyl (C=O) groups is 2. The number of nitrogen functional groups attached to an aromatic ring is 1. The minimum atomic E-state index is -0.785. The number of hydrogen-bond acceptors (Lipinski definition) is 8. The molecule has 0 aliphatic carbocycles. The van der Waals surface area contributed by atoms with Crippen LogP contribution in [0, 0.1) is 29.6 Å². The van der Waals surface area contributed by atoms with E-state index < -0.39 is 11.2 Å². The summed E-state index contributed by atoms with van der Waals surface area (Å²) in [7, 11) is 1.53. The lowest BCUT2D eigenvalue weighted by atomic mass is 9.96. The molecule has 3 aromatic rings. The molecular weight excluding hydrogens is 450 g/mol. The number of hydrogen-bond donors (Lipinski definition) is 1. The molecular formula is C25H19N5O3S. The summed E-state index contributed by atoms with van der Waals surface area (Å²) in [6.45, 7) is 1.93. The van der Waals surface area contributed by atoms with Gasteiger partial charge in [0.1, 0.15) is 34.3 Å². The van der Waals surface area contributed by atoms with Gasteiger partial charge in [0.2, 0.25) is 11.8 Å². The highest BCUT2D eigenvalue weighted by Gasteiger charge is 2.41. The van der Waals surface area contributed by atoms with E-state index in [1.54, 1.807) is 36.4 Å². The summed E-state index contributed by atoms with van der Waals surface area (Å²) >= 11 is 1.01. The zero-order chi connectivity index (χ0) is 24.4. The fraction of sp³-hybridized carbons (Fsp3) is 0.160. The van der Waals surface area contributed by atoms with Crippen molar-refractivity contribution in [2.24, 2.45) is 0 Å². The Kier molecular flexibility index (Phi) is 6.22. The van der Waals surface area contributed by atoms with E-state index in [0.29, 0.717) is 22.6 Å². The van der Waals surface area contributed by atoms with Crippen molar-refractivity contribution in [3.05, 3.63) is 65.2 Å². The number of methoxy groups -OCH3 is 1. The van der Waals surface area contributed by atoms with Gasteiger partial charge in [-0.15, -0.1) is 0 Å². The molecule has 1 aliphatic rings. The smallest absolute Gasteiger partial charge is 0.247 e. The second kappa shape index (κ2) is 9.26. The fourth-order valence-corrected chi connectivity index (χ4v) is 4.84. The number of rotatable bonds is 5. The third-order valence-electron chi connectivity index (χ3n) is 5.45. The number of thioether (sulfide) groups is 1. The standard InChI is InChI=1S/C25H19N5O3S/c1-14-3-5-15(6-4-14)22-18(12-26)23(28)29-24(19(22)13-27)34-20-11-21(31)30(25(20)32)16-7-9-17(33-2)10-8-16/h3-10,20H,11H2,1-2H3,(H2,28,29)/t20-/m0/s1. The lowest BCUT2D eigenvalue weighted by Gasteiger charge is -2.16. The zero-order valence-electron chi connectivity index (χ0n) is 18.4. The fourth-order valence-electron chi connectivity index (χ4n) is 3.73. The van der Waals surface area contributed by atoms with E-state index in [1.807, 2.05) is 25.1 Å². The van der Waals surface area contributed by atoms with Crippen LogP contribution in [0.1, 0.15) is 23.1 Å². The van der Waals surface area contributed by atoms with Crippen LogP contribution >= 0.6 is 11.8 Å². The Hall–Kier alpha value is -4.34. The SMILES string of the molecule is COc1ccc(N2C(=O)C[C@H](Sc3nc(N)c(C#N)c(-c4ccc(C)cc4)c3C#N)C2=O)cc1. The Balaban J connectivity index is 1.72. The zero-order valence-corrected chi connectivity index (χ0v) is 19.2. The Bertz CT molecular complexity index is 1370. The van der Waals surface area contributed by atoms with Gasteiger partial charge in [-0.05, 0) is 36.8 Å². The van der Waals surface area contributed by atoms with Gasteiger partial charge in [-0.1, -0.05) is 41.6 Å². The summed E-state index contributed by atoms with van der Waals surface area (Å²) in [5, 5.41) is 19.1. The molecule has 4 rings (SSSR count). The van der Waals surface area contributed by atoms with Crippen molar-refractivity contribution in [2.75, 3.05) is 17.7 Å². The van der Waals surface area contributed by atoms with Crippen molar-refractivity contribution < 1.29 is 14.3 Å². The number of benzene rings is 2. The molecule has 34 heavy (non-hydrogen) atoms. The molecule has 168 valence electrons. The molecule has 0 unspecified atom stereocenters. The lowest BCUT2D eigenvalue weighted by Crippen LogP contribution is -2.31. The summed E-state index contributed by atoms with van der Waals surface area (Å²) in [6.07, 6.45) is -0.0537. The van der Waals surface area contributed by atoms with Crippen LogP contribution < -0.4 is 15.4 Å². The molecule has 2 amide bonds. The number of nitrogens with two attached hydrogens (primary N) is 1. The summed E-state index contributed by atoms with van der Waals surface area (Å²) < 4.78 is 5.13. The van der Waals surface area contributed by atoms with Crippen molar-refractivity contribution in [3.63, 3.8) is 0 Å². The monoisotopic (exact) mass is 469 g/mol. The van der Waals surface area contributed by atoms with E-state index in [-0.39, 0.29) is 34.3 Å². The van der Waals surface area contributed by atoms with Crippen LogP contribution in [0.15, 0.2) is 53.6 Å². The first-order chi connectivity index (χ1) is 16.4.